The number of nitrogens with zero attached hydrogens (tertiary/aromatic N) is 2. The minimum atomic E-state index is -0.0574. The van der Waals surface area contributed by atoms with Crippen LogP contribution in [0.1, 0.15) is 24.6 Å². The predicted molar refractivity (Wildman–Crippen MR) is 51.9 cm³/mol. The van der Waals surface area contributed by atoms with Gasteiger partial charge < -0.3 is 15.2 Å². The molecule has 1 atom stereocenters. The molecule has 2 rings (SSSR count). The lowest BCUT2D eigenvalue weighted by Crippen LogP contribution is -2.40. The van der Waals surface area contributed by atoms with Gasteiger partial charge in [0.25, 0.3) is 0 Å². The second-order valence-corrected chi connectivity index (χ2v) is 3.60. The first-order chi connectivity index (χ1) is 7.25. The molecule has 2 heterocycles. The molecule has 0 unspecified atom stereocenters. The third-order valence-electron chi connectivity index (χ3n) is 2.37. The summed E-state index contributed by atoms with van der Waals surface area (Å²) < 4.78 is 4.79. The van der Waals surface area contributed by atoms with Crippen LogP contribution in [-0.4, -0.2) is 28.6 Å². The molecule has 1 aromatic rings. The summed E-state index contributed by atoms with van der Waals surface area (Å²) in [6.07, 6.45) is 1.95. The highest BCUT2D eigenvalue weighted by Gasteiger charge is 2.21. The fraction of sp³-hybridized carbons (Fsp3) is 0.667. The molecule has 15 heavy (non-hydrogen) atoms. The van der Waals surface area contributed by atoms with Gasteiger partial charge in [-0.3, -0.25) is 4.79 Å². The van der Waals surface area contributed by atoms with E-state index >= 15 is 0 Å². The van der Waals surface area contributed by atoms with E-state index in [4.69, 9.17) is 4.52 Å². The fourth-order valence-corrected chi connectivity index (χ4v) is 1.61. The Morgan fingerprint density at radius 1 is 1.73 bits per heavy atom. The van der Waals surface area contributed by atoms with E-state index in [1.165, 1.54) is 0 Å². The van der Waals surface area contributed by atoms with Crippen molar-refractivity contribution in [2.75, 3.05) is 6.54 Å². The van der Waals surface area contributed by atoms with Gasteiger partial charge in [-0.2, -0.15) is 4.98 Å². The van der Waals surface area contributed by atoms with Gasteiger partial charge >= 0.3 is 0 Å². The van der Waals surface area contributed by atoms with Crippen molar-refractivity contribution in [2.24, 2.45) is 0 Å². The smallest absolute Gasteiger partial charge is 0.237 e. The van der Waals surface area contributed by atoms with Crippen LogP contribution in [0.4, 0.5) is 0 Å². The van der Waals surface area contributed by atoms with Crippen molar-refractivity contribution in [3.05, 3.63) is 11.7 Å². The Morgan fingerprint density at radius 3 is 3.20 bits per heavy atom. The summed E-state index contributed by atoms with van der Waals surface area (Å²) >= 11 is 0. The lowest BCUT2D eigenvalue weighted by atomic mass is 10.2. The third kappa shape index (κ3) is 2.53. The number of hydrogen-bond acceptors (Lipinski definition) is 5. The Hall–Kier alpha value is -1.43. The minimum absolute atomic E-state index is 0.00922. The van der Waals surface area contributed by atoms with Gasteiger partial charge in [0.05, 0.1) is 12.6 Å². The SMILES string of the molecule is Cc1nc(CNC(=O)[C@@H]2CCCN2)no1. The van der Waals surface area contributed by atoms with Gasteiger partial charge in [-0.15, -0.1) is 0 Å². The highest BCUT2D eigenvalue weighted by atomic mass is 16.5. The zero-order chi connectivity index (χ0) is 10.7. The van der Waals surface area contributed by atoms with Crippen LogP contribution in [0.15, 0.2) is 4.52 Å². The molecule has 0 spiro atoms. The highest BCUT2D eigenvalue weighted by Crippen LogP contribution is 2.04. The van der Waals surface area contributed by atoms with Crippen LogP contribution >= 0.6 is 0 Å². The molecule has 0 radical (unpaired) electrons. The van der Waals surface area contributed by atoms with Gasteiger partial charge in [-0.25, -0.2) is 0 Å². The predicted octanol–water partition coefficient (Wildman–Crippen LogP) is -0.254. The van der Waals surface area contributed by atoms with E-state index in [0.29, 0.717) is 18.3 Å². The molecule has 1 aliphatic rings. The number of aryl methyl sites for hydroxylation is 1. The normalized spacial score (nSPS) is 20.5. The third-order valence-corrected chi connectivity index (χ3v) is 2.37. The molecule has 1 aromatic heterocycles. The second-order valence-electron chi connectivity index (χ2n) is 3.60. The van der Waals surface area contributed by atoms with Gasteiger partial charge in [0.2, 0.25) is 11.8 Å². The first-order valence-electron chi connectivity index (χ1n) is 5.06. The molecule has 0 bridgehead atoms. The molecule has 6 nitrogen and oxygen atoms in total. The summed E-state index contributed by atoms with van der Waals surface area (Å²) in [7, 11) is 0. The maximum atomic E-state index is 11.6. The van der Waals surface area contributed by atoms with Gasteiger partial charge in [-0.05, 0) is 19.4 Å². The maximum Gasteiger partial charge on any atom is 0.237 e. The van der Waals surface area contributed by atoms with Crippen molar-refractivity contribution in [1.82, 2.24) is 20.8 Å². The molecular formula is C9H14N4O2. The number of amides is 1. The van der Waals surface area contributed by atoms with Crippen molar-refractivity contribution < 1.29 is 9.32 Å². The summed E-state index contributed by atoms with van der Waals surface area (Å²) in [5.74, 6) is 1.03. The van der Waals surface area contributed by atoms with Crippen LogP contribution in [-0.2, 0) is 11.3 Å². The minimum Gasteiger partial charge on any atom is -0.347 e. The van der Waals surface area contributed by atoms with E-state index in [0.717, 1.165) is 19.4 Å². The zero-order valence-corrected chi connectivity index (χ0v) is 8.62. The van der Waals surface area contributed by atoms with Crippen LogP contribution in [0.5, 0.6) is 0 Å². The highest BCUT2D eigenvalue weighted by molar-refractivity contribution is 5.81. The number of aromatic nitrogens is 2. The van der Waals surface area contributed by atoms with Gasteiger partial charge in [-0.1, -0.05) is 5.16 Å². The van der Waals surface area contributed by atoms with Crippen molar-refractivity contribution >= 4 is 5.91 Å². The molecule has 1 amide bonds. The van der Waals surface area contributed by atoms with Crippen molar-refractivity contribution in [3.63, 3.8) is 0 Å². The lowest BCUT2D eigenvalue weighted by Gasteiger charge is -2.08. The van der Waals surface area contributed by atoms with E-state index in [1.54, 1.807) is 6.92 Å². The number of carbonyl (C=O) groups excluding carboxylic acids is 1. The molecule has 2 N–H and O–H groups in total. The van der Waals surface area contributed by atoms with Crippen LogP contribution in [0, 0.1) is 6.92 Å². The Balaban J connectivity index is 1.80. The Kier molecular flexibility index (Phi) is 2.96. The summed E-state index contributed by atoms with van der Waals surface area (Å²) in [6.45, 7) is 2.96. The molecule has 0 aromatic carbocycles. The molecule has 6 heteroatoms. The molecule has 1 aliphatic heterocycles. The van der Waals surface area contributed by atoms with Crippen molar-refractivity contribution in [2.45, 2.75) is 32.4 Å². The van der Waals surface area contributed by atoms with Crippen LogP contribution in [0.25, 0.3) is 0 Å². The fourth-order valence-electron chi connectivity index (χ4n) is 1.61. The van der Waals surface area contributed by atoms with Crippen LogP contribution < -0.4 is 10.6 Å². The number of carbonyl (C=O) groups is 1. The van der Waals surface area contributed by atoms with Gasteiger partial charge in [0.1, 0.15) is 0 Å². The maximum absolute atomic E-state index is 11.6. The summed E-state index contributed by atoms with van der Waals surface area (Å²) in [5.41, 5.74) is 0. The summed E-state index contributed by atoms with van der Waals surface area (Å²) in [4.78, 5) is 15.6. The first-order valence-corrected chi connectivity index (χ1v) is 5.06. The summed E-state index contributed by atoms with van der Waals surface area (Å²) in [5, 5.41) is 9.58. The number of nitrogens with one attached hydrogen (secondary N) is 2. The second kappa shape index (κ2) is 4.39. The molecular weight excluding hydrogens is 196 g/mol. The summed E-state index contributed by atoms with van der Waals surface area (Å²) in [6, 6.07) is -0.0574. The van der Waals surface area contributed by atoms with E-state index in [2.05, 4.69) is 20.8 Å². The van der Waals surface area contributed by atoms with E-state index in [-0.39, 0.29) is 11.9 Å². The Bertz CT molecular complexity index is 344. The standard InChI is InChI=1S/C9H14N4O2/c1-6-12-8(13-15-6)5-11-9(14)7-3-2-4-10-7/h7,10H,2-5H2,1H3,(H,11,14)/t7-/m0/s1. The van der Waals surface area contributed by atoms with Crippen molar-refractivity contribution in [1.29, 1.82) is 0 Å². The van der Waals surface area contributed by atoms with Gasteiger partial charge in [0, 0.05) is 6.92 Å². The van der Waals surface area contributed by atoms with E-state index < -0.39 is 0 Å². The largest absolute Gasteiger partial charge is 0.347 e. The quantitative estimate of drug-likeness (QED) is 0.719. The zero-order valence-electron chi connectivity index (χ0n) is 8.62. The Morgan fingerprint density at radius 2 is 2.60 bits per heavy atom. The molecule has 1 saturated heterocycles. The molecule has 1 fully saturated rings. The average Bonchev–Trinajstić information content (AvgIpc) is 2.84. The first kappa shape index (κ1) is 10.1. The average molecular weight is 210 g/mol. The number of rotatable bonds is 3. The van der Waals surface area contributed by atoms with E-state index in [9.17, 15) is 4.79 Å². The van der Waals surface area contributed by atoms with Crippen LogP contribution in [0.3, 0.4) is 0 Å². The topological polar surface area (TPSA) is 80.0 Å². The van der Waals surface area contributed by atoms with Crippen LogP contribution in [0.2, 0.25) is 0 Å². The number of hydrogen-bond donors (Lipinski definition) is 2. The Labute approximate surface area is 87.4 Å². The lowest BCUT2D eigenvalue weighted by molar-refractivity contribution is -0.123. The van der Waals surface area contributed by atoms with E-state index in [1.807, 2.05) is 0 Å². The van der Waals surface area contributed by atoms with Gasteiger partial charge in [0.15, 0.2) is 5.82 Å². The molecule has 0 saturated carbocycles. The monoisotopic (exact) mass is 210 g/mol. The van der Waals surface area contributed by atoms with Crippen molar-refractivity contribution in [3.8, 4) is 0 Å². The molecule has 0 aliphatic carbocycles. The molecule has 82 valence electrons.